The predicted molar refractivity (Wildman–Crippen MR) is 85.1 cm³/mol. The van der Waals surface area contributed by atoms with Gasteiger partial charge < -0.3 is 10.3 Å². The second-order valence-corrected chi connectivity index (χ2v) is 5.44. The van der Waals surface area contributed by atoms with Gasteiger partial charge in [0.2, 0.25) is 0 Å². The molecular formula is C17H16ClFN2. The Morgan fingerprint density at radius 2 is 2.00 bits per heavy atom. The van der Waals surface area contributed by atoms with Crippen molar-refractivity contribution >= 4 is 22.5 Å². The average molecular weight is 303 g/mol. The van der Waals surface area contributed by atoms with Crippen molar-refractivity contribution in [2.75, 3.05) is 6.54 Å². The monoisotopic (exact) mass is 302 g/mol. The Morgan fingerprint density at radius 3 is 2.86 bits per heavy atom. The molecule has 0 saturated carbocycles. The van der Waals surface area contributed by atoms with Gasteiger partial charge in [-0.05, 0) is 42.3 Å². The molecule has 1 aromatic heterocycles. The Labute approximate surface area is 127 Å². The first-order valence-electron chi connectivity index (χ1n) is 6.93. The lowest BCUT2D eigenvalue weighted by Crippen LogP contribution is -2.16. The number of para-hydroxylation sites is 1. The van der Waals surface area contributed by atoms with E-state index in [1.807, 2.05) is 24.4 Å². The third-order valence-electron chi connectivity index (χ3n) is 3.56. The minimum Gasteiger partial charge on any atom is -0.361 e. The molecule has 0 aliphatic heterocycles. The molecule has 0 radical (unpaired) electrons. The van der Waals surface area contributed by atoms with Crippen molar-refractivity contribution in [3.63, 3.8) is 0 Å². The molecule has 0 unspecified atom stereocenters. The predicted octanol–water partition coefficient (Wildman–Crippen LogP) is 4.29. The molecule has 0 bridgehead atoms. The maximum Gasteiger partial charge on any atom is 0.142 e. The third kappa shape index (κ3) is 3.26. The van der Waals surface area contributed by atoms with Crippen LogP contribution in [0.4, 0.5) is 4.39 Å². The fourth-order valence-electron chi connectivity index (χ4n) is 2.44. The minimum absolute atomic E-state index is 0.164. The van der Waals surface area contributed by atoms with Gasteiger partial charge in [-0.1, -0.05) is 35.9 Å². The van der Waals surface area contributed by atoms with Crippen LogP contribution in [0.5, 0.6) is 0 Å². The number of fused-ring (bicyclic) bond motifs is 1. The Balaban J connectivity index is 1.55. The molecule has 2 N–H and O–H groups in total. The van der Waals surface area contributed by atoms with E-state index < -0.39 is 0 Å². The van der Waals surface area contributed by atoms with Crippen LogP contribution in [0.2, 0.25) is 5.02 Å². The molecule has 3 aromatic rings. The minimum atomic E-state index is -0.368. The van der Waals surface area contributed by atoms with E-state index in [0.717, 1.165) is 24.0 Å². The molecule has 0 atom stereocenters. The molecule has 1 heterocycles. The van der Waals surface area contributed by atoms with Crippen LogP contribution >= 0.6 is 11.6 Å². The van der Waals surface area contributed by atoms with E-state index in [2.05, 4.69) is 22.4 Å². The number of H-pyrrole nitrogens is 1. The van der Waals surface area contributed by atoms with Crippen LogP contribution in [0, 0.1) is 5.82 Å². The fraction of sp³-hybridized carbons (Fsp3) is 0.176. The van der Waals surface area contributed by atoms with Crippen LogP contribution in [-0.4, -0.2) is 11.5 Å². The Morgan fingerprint density at radius 1 is 1.14 bits per heavy atom. The first kappa shape index (κ1) is 14.1. The molecule has 108 valence electrons. The number of aromatic amines is 1. The zero-order chi connectivity index (χ0) is 14.7. The van der Waals surface area contributed by atoms with E-state index in [1.54, 1.807) is 6.07 Å². The summed E-state index contributed by atoms with van der Waals surface area (Å²) in [6, 6.07) is 13.2. The zero-order valence-electron chi connectivity index (χ0n) is 11.5. The lowest BCUT2D eigenvalue weighted by Gasteiger charge is -2.05. The Kier molecular flexibility index (Phi) is 4.23. The van der Waals surface area contributed by atoms with Gasteiger partial charge in [-0.15, -0.1) is 0 Å². The lowest BCUT2D eigenvalue weighted by atomic mass is 10.1. The first-order chi connectivity index (χ1) is 10.2. The number of rotatable bonds is 5. The van der Waals surface area contributed by atoms with Gasteiger partial charge in [0.05, 0.1) is 5.02 Å². The van der Waals surface area contributed by atoms with Crippen molar-refractivity contribution in [3.05, 3.63) is 70.6 Å². The summed E-state index contributed by atoms with van der Waals surface area (Å²) in [5.74, 6) is -0.368. The van der Waals surface area contributed by atoms with Crippen molar-refractivity contribution < 1.29 is 4.39 Å². The maximum absolute atomic E-state index is 13.3. The molecule has 4 heteroatoms. The summed E-state index contributed by atoms with van der Waals surface area (Å²) in [5.41, 5.74) is 3.35. The standard InChI is InChI=1S/C17H16ClFN2/c18-15-6-5-12(9-16(15)19)10-20-8-7-13-11-21-17-4-2-1-3-14(13)17/h1-6,9,11,20-21H,7-8,10H2. The van der Waals surface area contributed by atoms with Crippen LogP contribution in [0.15, 0.2) is 48.7 Å². The summed E-state index contributed by atoms with van der Waals surface area (Å²) >= 11 is 5.67. The smallest absolute Gasteiger partial charge is 0.142 e. The van der Waals surface area contributed by atoms with Gasteiger partial charge in [0.25, 0.3) is 0 Å². The molecule has 2 nitrogen and oxygen atoms in total. The number of halogens is 2. The van der Waals surface area contributed by atoms with Crippen LogP contribution < -0.4 is 5.32 Å². The van der Waals surface area contributed by atoms with Crippen molar-refractivity contribution in [1.82, 2.24) is 10.3 Å². The van der Waals surface area contributed by atoms with Crippen molar-refractivity contribution in [3.8, 4) is 0 Å². The molecule has 0 spiro atoms. The zero-order valence-corrected chi connectivity index (χ0v) is 12.3. The molecule has 0 fully saturated rings. The second-order valence-electron chi connectivity index (χ2n) is 5.03. The summed E-state index contributed by atoms with van der Waals surface area (Å²) in [7, 11) is 0. The largest absolute Gasteiger partial charge is 0.361 e. The fourth-order valence-corrected chi connectivity index (χ4v) is 2.56. The highest BCUT2D eigenvalue weighted by atomic mass is 35.5. The highest BCUT2D eigenvalue weighted by Crippen LogP contribution is 2.18. The molecule has 2 aromatic carbocycles. The number of hydrogen-bond acceptors (Lipinski definition) is 1. The van der Waals surface area contributed by atoms with Crippen LogP contribution in [0.3, 0.4) is 0 Å². The molecule has 0 aliphatic carbocycles. The highest BCUT2D eigenvalue weighted by molar-refractivity contribution is 6.30. The quantitative estimate of drug-likeness (QED) is 0.676. The van der Waals surface area contributed by atoms with Gasteiger partial charge in [0.1, 0.15) is 5.82 Å². The van der Waals surface area contributed by atoms with E-state index in [0.29, 0.717) is 6.54 Å². The number of nitrogens with one attached hydrogen (secondary N) is 2. The van der Waals surface area contributed by atoms with E-state index in [4.69, 9.17) is 11.6 Å². The summed E-state index contributed by atoms with van der Waals surface area (Å²) in [4.78, 5) is 3.27. The third-order valence-corrected chi connectivity index (χ3v) is 3.87. The van der Waals surface area contributed by atoms with E-state index in [9.17, 15) is 4.39 Å². The van der Waals surface area contributed by atoms with Crippen LogP contribution in [0.1, 0.15) is 11.1 Å². The van der Waals surface area contributed by atoms with Gasteiger partial charge in [0, 0.05) is 23.6 Å². The van der Waals surface area contributed by atoms with Crippen LogP contribution in [-0.2, 0) is 13.0 Å². The molecule has 0 aliphatic rings. The van der Waals surface area contributed by atoms with E-state index in [1.165, 1.54) is 17.0 Å². The SMILES string of the molecule is Fc1cc(CNCCc2c[nH]c3ccccc23)ccc1Cl. The van der Waals surface area contributed by atoms with Gasteiger partial charge in [0.15, 0.2) is 0 Å². The molecule has 3 rings (SSSR count). The summed E-state index contributed by atoms with van der Waals surface area (Å²) < 4.78 is 13.3. The van der Waals surface area contributed by atoms with Gasteiger partial charge >= 0.3 is 0 Å². The number of hydrogen-bond donors (Lipinski definition) is 2. The summed E-state index contributed by atoms with van der Waals surface area (Å²) in [5, 5.41) is 4.75. The highest BCUT2D eigenvalue weighted by Gasteiger charge is 2.03. The second kappa shape index (κ2) is 6.29. The molecule has 21 heavy (non-hydrogen) atoms. The van der Waals surface area contributed by atoms with Gasteiger partial charge in [-0.3, -0.25) is 0 Å². The summed E-state index contributed by atoms with van der Waals surface area (Å²) in [6.07, 6.45) is 2.98. The molecular weight excluding hydrogens is 287 g/mol. The van der Waals surface area contributed by atoms with Crippen molar-refractivity contribution in [2.24, 2.45) is 0 Å². The van der Waals surface area contributed by atoms with E-state index >= 15 is 0 Å². The summed E-state index contributed by atoms with van der Waals surface area (Å²) in [6.45, 7) is 1.47. The topological polar surface area (TPSA) is 27.8 Å². The number of aromatic nitrogens is 1. The van der Waals surface area contributed by atoms with Crippen LogP contribution in [0.25, 0.3) is 10.9 Å². The van der Waals surface area contributed by atoms with Gasteiger partial charge in [-0.2, -0.15) is 0 Å². The van der Waals surface area contributed by atoms with Gasteiger partial charge in [-0.25, -0.2) is 4.39 Å². The Hall–Kier alpha value is -1.84. The first-order valence-corrected chi connectivity index (χ1v) is 7.31. The molecule has 0 saturated heterocycles. The normalized spacial score (nSPS) is 11.1. The lowest BCUT2D eigenvalue weighted by molar-refractivity contribution is 0.620. The van der Waals surface area contributed by atoms with Crippen molar-refractivity contribution in [2.45, 2.75) is 13.0 Å². The average Bonchev–Trinajstić information content (AvgIpc) is 2.91. The number of benzene rings is 2. The molecule has 0 amide bonds. The van der Waals surface area contributed by atoms with Crippen molar-refractivity contribution in [1.29, 1.82) is 0 Å². The Bertz CT molecular complexity index is 751. The van der Waals surface area contributed by atoms with E-state index in [-0.39, 0.29) is 10.8 Å². The maximum atomic E-state index is 13.3.